The third kappa shape index (κ3) is 3.32. The van der Waals surface area contributed by atoms with E-state index in [1.54, 1.807) is 6.07 Å². The number of nitrogens with zero attached hydrogens (tertiary/aromatic N) is 1. The molecule has 0 aliphatic carbocycles. The molecule has 0 bridgehead atoms. The van der Waals surface area contributed by atoms with Crippen LogP contribution < -0.4 is 30.8 Å². The van der Waals surface area contributed by atoms with Gasteiger partial charge in [0.1, 0.15) is 11.6 Å². The lowest BCUT2D eigenvalue weighted by molar-refractivity contribution is -0.137. The van der Waals surface area contributed by atoms with Crippen molar-refractivity contribution in [2.45, 2.75) is 6.18 Å². The molecule has 0 saturated heterocycles. The van der Waals surface area contributed by atoms with E-state index in [-0.39, 0.29) is 35.1 Å². The number of benzene rings is 2. The molecular formula is C21H12F3N3O6. The Morgan fingerprint density at radius 2 is 1.73 bits per heavy atom. The van der Waals surface area contributed by atoms with Crippen LogP contribution in [0.3, 0.4) is 0 Å². The highest BCUT2D eigenvalue weighted by Crippen LogP contribution is 2.40. The van der Waals surface area contributed by atoms with Crippen molar-refractivity contribution in [3.8, 4) is 28.7 Å². The van der Waals surface area contributed by atoms with Gasteiger partial charge in [-0.25, -0.2) is 0 Å². The highest BCUT2D eigenvalue weighted by atomic mass is 19.4. The van der Waals surface area contributed by atoms with Crippen molar-refractivity contribution < 1.29 is 37.0 Å². The van der Waals surface area contributed by atoms with Gasteiger partial charge >= 0.3 is 6.18 Å². The van der Waals surface area contributed by atoms with Gasteiger partial charge in [0, 0.05) is 12.1 Å². The number of aromatic nitrogens is 1. The van der Waals surface area contributed by atoms with Crippen LogP contribution in [0, 0.1) is 0 Å². The van der Waals surface area contributed by atoms with Crippen LogP contribution in [0.5, 0.6) is 23.0 Å². The number of halogens is 3. The van der Waals surface area contributed by atoms with E-state index < -0.39 is 34.9 Å². The predicted octanol–water partition coefficient (Wildman–Crippen LogP) is 2.84. The number of nitrogens with one attached hydrogen (secondary N) is 1. The summed E-state index contributed by atoms with van der Waals surface area (Å²) >= 11 is 0. The minimum absolute atomic E-state index is 0.00610. The van der Waals surface area contributed by atoms with Crippen molar-refractivity contribution in [3.63, 3.8) is 0 Å². The maximum absolute atomic E-state index is 13.4. The number of anilines is 1. The maximum Gasteiger partial charge on any atom is 0.416 e. The van der Waals surface area contributed by atoms with Gasteiger partial charge in [0.2, 0.25) is 6.79 Å². The Morgan fingerprint density at radius 1 is 0.970 bits per heavy atom. The van der Waals surface area contributed by atoms with Gasteiger partial charge in [-0.3, -0.25) is 24.3 Å². The number of pyridine rings is 1. The van der Waals surface area contributed by atoms with Crippen LogP contribution in [0.2, 0.25) is 0 Å². The second-order valence-electron chi connectivity index (χ2n) is 7.07. The van der Waals surface area contributed by atoms with Crippen molar-refractivity contribution in [2.24, 2.45) is 0 Å². The van der Waals surface area contributed by atoms with Gasteiger partial charge in [-0.05, 0) is 30.3 Å². The molecule has 0 saturated carbocycles. The van der Waals surface area contributed by atoms with Gasteiger partial charge in [-0.2, -0.15) is 13.2 Å². The van der Waals surface area contributed by atoms with E-state index in [4.69, 9.17) is 19.9 Å². The molecule has 9 nitrogen and oxygen atoms in total. The molecular weight excluding hydrogens is 447 g/mol. The number of imide groups is 1. The molecule has 3 N–H and O–H groups in total. The fourth-order valence-corrected chi connectivity index (χ4v) is 3.55. The van der Waals surface area contributed by atoms with Gasteiger partial charge in [-0.1, -0.05) is 0 Å². The quantitative estimate of drug-likeness (QED) is 0.578. The van der Waals surface area contributed by atoms with Gasteiger partial charge in [0.25, 0.3) is 17.4 Å². The van der Waals surface area contributed by atoms with Crippen LogP contribution in [0.4, 0.5) is 19.0 Å². The molecule has 2 amide bonds. The standard InChI is InChI=1S/C21H12F3N3O6/c22-21(23,24)9-1-3-13(33-10-2-4-14-15(6-10)32-8-31-14)12(5-9)27-16(28)7-11-17(18(27)25)20(30)26-19(11)29/h1-7H,8,25H2,(H,26,29,30). The van der Waals surface area contributed by atoms with E-state index in [0.29, 0.717) is 22.1 Å². The molecule has 1 aromatic heterocycles. The number of ether oxygens (including phenoxy) is 3. The Kier molecular flexibility index (Phi) is 4.34. The molecule has 0 radical (unpaired) electrons. The van der Waals surface area contributed by atoms with Gasteiger partial charge in [0.05, 0.1) is 22.4 Å². The van der Waals surface area contributed by atoms with Gasteiger partial charge in [-0.15, -0.1) is 0 Å². The monoisotopic (exact) mass is 459 g/mol. The molecule has 0 unspecified atom stereocenters. The molecule has 33 heavy (non-hydrogen) atoms. The van der Waals surface area contributed by atoms with Crippen molar-refractivity contribution in [2.75, 3.05) is 12.5 Å². The number of nitrogens with two attached hydrogens (primary N) is 1. The van der Waals surface area contributed by atoms with Crippen molar-refractivity contribution in [1.29, 1.82) is 0 Å². The van der Waals surface area contributed by atoms with E-state index in [1.807, 2.05) is 5.32 Å². The van der Waals surface area contributed by atoms with Crippen LogP contribution in [-0.4, -0.2) is 23.2 Å². The number of alkyl halides is 3. The number of rotatable bonds is 3. The largest absolute Gasteiger partial charge is 0.455 e. The Morgan fingerprint density at radius 3 is 2.48 bits per heavy atom. The lowest BCUT2D eigenvalue weighted by atomic mass is 10.1. The highest BCUT2D eigenvalue weighted by Gasteiger charge is 2.35. The summed E-state index contributed by atoms with van der Waals surface area (Å²) in [4.78, 5) is 36.8. The second kappa shape index (κ2) is 7.02. The number of hydrogen-bond donors (Lipinski definition) is 2. The number of nitrogen functional groups attached to an aromatic ring is 1. The summed E-state index contributed by atoms with van der Waals surface area (Å²) in [6.45, 7) is 0.00610. The molecule has 0 fully saturated rings. The van der Waals surface area contributed by atoms with E-state index in [1.165, 1.54) is 12.1 Å². The SMILES string of the molecule is Nc1c2c(cc(=O)n1-c1cc(C(F)(F)F)ccc1Oc1ccc3c(c1)OCO3)C(=O)NC2=O. The lowest BCUT2D eigenvalue weighted by Gasteiger charge is -2.18. The third-order valence-corrected chi connectivity index (χ3v) is 5.05. The molecule has 2 aliphatic rings. The number of fused-ring (bicyclic) bond motifs is 2. The summed E-state index contributed by atoms with van der Waals surface area (Å²) in [5.74, 6) is -1.36. The van der Waals surface area contributed by atoms with Crippen molar-refractivity contribution >= 4 is 17.6 Å². The topological polar surface area (TPSA) is 122 Å². The predicted molar refractivity (Wildman–Crippen MR) is 106 cm³/mol. The first kappa shape index (κ1) is 20.4. The summed E-state index contributed by atoms with van der Waals surface area (Å²) in [7, 11) is 0. The Labute approximate surface area is 182 Å². The average molecular weight is 459 g/mol. The zero-order chi connectivity index (χ0) is 23.5. The second-order valence-corrected chi connectivity index (χ2v) is 7.07. The highest BCUT2D eigenvalue weighted by molar-refractivity contribution is 6.23. The summed E-state index contributed by atoms with van der Waals surface area (Å²) in [5.41, 5.74) is 3.04. The van der Waals surface area contributed by atoms with Crippen LogP contribution in [-0.2, 0) is 6.18 Å². The van der Waals surface area contributed by atoms with Crippen LogP contribution in [0.15, 0.2) is 47.3 Å². The zero-order valence-electron chi connectivity index (χ0n) is 16.4. The lowest BCUT2D eigenvalue weighted by Crippen LogP contribution is -2.25. The van der Waals surface area contributed by atoms with Crippen LogP contribution >= 0.6 is 0 Å². The molecule has 0 spiro atoms. The molecule has 5 rings (SSSR count). The molecule has 2 aliphatic heterocycles. The fraction of sp³-hybridized carbons (Fsp3) is 0.0952. The number of carbonyl (C=O) groups excluding carboxylic acids is 2. The Balaban J connectivity index is 1.70. The smallest absolute Gasteiger partial charge is 0.416 e. The summed E-state index contributed by atoms with van der Waals surface area (Å²) in [5, 5.41) is 2.00. The Hall–Kier alpha value is -4.48. The zero-order valence-corrected chi connectivity index (χ0v) is 16.4. The average Bonchev–Trinajstić information content (AvgIpc) is 3.31. The van der Waals surface area contributed by atoms with E-state index >= 15 is 0 Å². The minimum atomic E-state index is -4.74. The first-order valence-electron chi connectivity index (χ1n) is 9.34. The van der Waals surface area contributed by atoms with Gasteiger partial charge in [0.15, 0.2) is 17.2 Å². The molecule has 3 aromatic rings. The number of hydrogen-bond acceptors (Lipinski definition) is 7. The maximum atomic E-state index is 13.4. The van der Waals surface area contributed by atoms with E-state index in [0.717, 1.165) is 18.2 Å². The molecule has 3 heterocycles. The molecule has 12 heteroatoms. The fourth-order valence-electron chi connectivity index (χ4n) is 3.55. The van der Waals surface area contributed by atoms with Crippen molar-refractivity contribution in [1.82, 2.24) is 9.88 Å². The number of carbonyl (C=O) groups is 2. The first-order chi connectivity index (χ1) is 15.6. The van der Waals surface area contributed by atoms with Crippen LogP contribution in [0.25, 0.3) is 5.69 Å². The molecule has 168 valence electrons. The third-order valence-electron chi connectivity index (χ3n) is 5.05. The van der Waals surface area contributed by atoms with Crippen molar-refractivity contribution in [3.05, 3.63) is 69.5 Å². The summed E-state index contributed by atoms with van der Waals surface area (Å²) in [6.07, 6.45) is -4.74. The Bertz CT molecular complexity index is 1410. The molecule has 0 atom stereocenters. The first-order valence-corrected chi connectivity index (χ1v) is 9.34. The van der Waals surface area contributed by atoms with E-state index in [2.05, 4.69) is 0 Å². The van der Waals surface area contributed by atoms with E-state index in [9.17, 15) is 27.6 Å². The minimum Gasteiger partial charge on any atom is -0.455 e. The normalized spacial score (nSPS) is 14.3. The summed E-state index contributed by atoms with van der Waals surface area (Å²) in [6, 6.07) is 7.80. The van der Waals surface area contributed by atoms with Gasteiger partial charge < -0.3 is 19.9 Å². The molecule has 2 aromatic carbocycles. The van der Waals surface area contributed by atoms with Crippen LogP contribution in [0.1, 0.15) is 26.3 Å². The summed E-state index contributed by atoms with van der Waals surface area (Å²) < 4.78 is 57.2. The number of amides is 2.